The molecule has 0 spiro atoms. The first-order valence-corrected chi connectivity index (χ1v) is 11.1. The van der Waals surface area contributed by atoms with Crippen molar-refractivity contribution in [2.75, 3.05) is 11.9 Å². The topological polar surface area (TPSA) is 32.3 Å². The summed E-state index contributed by atoms with van der Waals surface area (Å²) < 4.78 is 0. The first-order valence-electron chi connectivity index (χ1n) is 8.40. The van der Waals surface area contributed by atoms with Gasteiger partial charge in [-0.05, 0) is 26.8 Å². The van der Waals surface area contributed by atoms with E-state index in [1.807, 2.05) is 0 Å². The minimum absolute atomic E-state index is 0. The molecule has 137 valence electrons. The van der Waals surface area contributed by atoms with E-state index in [1.165, 1.54) is 32.4 Å². The largest absolute Gasteiger partial charge is 3.00 e. The Labute approximate surface area is 188 Å². The molecule has 1 heterocycles. The monoisotopic (exact) mass is 482 g/mol. The molecule has 0 fully saturated rings. The third kappa shape index (κ3) is 3.69. The van der Waals surface area contributed by atoms with E-state index >= 15 is 0 Å². The number of benzene rings is 2. The maximum absolute atomic E-state index is 9.56. The van der Waals surface area contributed by atoms with Crippen molar-refractivity contribution in [3.05, 3.63) is 36.4 Å². The van der Waals surface area contributed by atoms with Crippen LogP contribution >= 0.6 is 0 Å². The fourth-order valence-electron chi connectivity index (χ4n) is 4.08. The molecule has 4 rings (SSSR count). The predicted molar refractivity (Wildman–Crippen MR) is 103 cm³/mol. The Kier molecular flexibility index (Phi) is 7.33. The molecule has 1 radical (unpaired) electrons. The number of aliphatic hydroxyl groups excluding tert-OH is 1. The number of nitrogens with one attached hydrogen (secondary N) is 1. The van der Waals surface area contributed by atoms with Crippen molar-refractivity contribution >= 4 is 45.7 Å². The molecule has 1 aliphatic heterocycles. The van der Waals surface area contributed by atoms with E-state index in [1.54, 1.807) is 5.19 Å². The van der Waals surface area contributed by atoms with E-state index in [2.05, 4.69) is 69.0 Å². The number of hydrogen-bond acceptors (Lipinski definition) is 2. The number of anilines is 1. The quantitative estimate of drug-likeness (QED) is 0.317. The molecule has 1 unspecified atom stereocenters. The Bertz CT molecular complexity index is 935. The van der Waals surface area contributed by atoms with Gasteiger partial charge in [-0.2, -0.15) is 0 Å². The molecular weight excluding hydrogens is 460 g/mol. The second kappa shape index (κ2) is 8.01. The zero-order valence-corrected chi connectivity index (χ0v) is 20.6. The van der Waals surface area contributed by atoms with Crippen LogP contribution in [-0.2, 0) is 26.2 Å². The fraction of sp³-hybridized carbons (Fsp3) is 0.350. The molecule has 2 nitrogen and oxygen atoms in total. The van der Waals surface area contributed by atoms with Crippen LogP contribution in [0.2, 0.25) is 12.6 Å². The molecular formula is C20H24Cl2NOSiZr. The van der Waals surface area contributed by atoms with Crippen LogP contribution in [-0.4, -0.2) is 25.3 Å². The van der Waals surface area contributed by atoms with Gasteiger partial charge in [0.15, 0.2) is 0 Å². The Hall–Kier alpha value is -0.250. The van der Waals surface area contributed by atoms with Crippen molar-refractivity contribution in [1.29, 1.82) is 0 Å². The standard InChI is InChI=1S/C20H24NOSi.2ClH.Zr/c1-20(2,3)21-17-12-15-14-8-6-5-7-13(14)11-16(15)18-19(17)23(18,4)10-9-22;;;/h5-8,11-12,21-22H,9-10H2,1-4H3;2*1H;/q-1;;;+3/p-2. The van der Waals surface area contributed by atoms with Gasteiger partial charge in [-0.1, -0.05) is 36.0 Å². The number of hydrogen-bond donors (Lipinski definition) is 2. The molecule has 6 heteroatoms. The van der Waals surface area contributed by atoms with Crippen molar-refractivity contribution in [1.82, 2.24) is 0 Å². The number of rotatable bonds is 3. The van der Waals surface area contributed by atoms with E-state index < -0.39 is 8.07 Å². The maximum atomic E-state index is 9.56. The summed E-state index contributed by atoms with van der Waals surface area (Å²) in [6.45, 7) is 9.31. The predicted octanol–water partition coefficient (Wildman–Crippen LogP) is -2.57. The number of aliphatic hydroxyl groups is 1. The van der Waals surface area contributed by atoms with E-state index in [4.69, 9.17) is 0 Å². The van der Waals surface area contributed by atoms with Gasteiger partial charge in [-0.15, -0.1) is 38.9 Å². The van der Waals surface area contributed by atoms with Crippen LogP contribution in [0.1, 0.15) is 20.8 Å². The molecule has 0 saturated heterocycles. The fourth-order valence-corrected chi connectivity index (χ4v) is 8.29. The second-order valence-electron chi connectivity index (χ2n) is 8.05. The summed E-state index contributed by atoms with van der Waals surface area (Å²) in [7, 11) is -1.63. The summed E-state index contributed by atoms with van der Waals surface area (Å²) in [6, 6.07) is 14.3. The molecule has 26 heavy (non-hydrogen) atoms. The van der Waals surface area contributed by atoms with Crippen LogP contribution in [0.25, 0.3) is 21.5 Å². The SMILES string of the molecule is CC(C)(C)Nc1cc2c([cH-]c3ccccc32)c2c1[Si]2(C)CCO.[Cl-].[Cl-].[Zr+3]. The Morgan fingerprint density at radius 2 is 1.73 bits per heavy atom. The van der Waals surface area contributed by atoms with Crippen molar-refractivity contribution < 1.29 is 56.1 Å². The minimum Gasteiger partial charge on any atom is -1.00 e. The van der Waals surface area contributed by atoms with Gasteiger partial charge in [0.1, 0.15) is 0 Å². The van der Waals surface area contributed by atoms with Crippen molar-refractivity contribution in [3.63, 3.8) is 0 Å². The molecule has 2 N–H and O–H groups in total. The molecule has 3 aromatic carbocycles. The van der Waals surface area contributed by atoms with Gasteiger partial charge in [0, 0.05) is 17.8 Å². The Balaban J connectivity index is 0.00000113. The second-order valence-corrected chi connectivity index (χ2v) is 12.2. The third-order valence-corrected chi connectivity index (χ3v) is 9.30. The van der Waals surface area contributed by atoms with E-state index in [-0.39, 0.29) is 63.2 Å². The van der Waals surface area contributed by atoms with Gasteiger partial charge in [0.25, 0.3) is 0 Å². The van der Waals surface area contributed by atoms with Crippen LogP contribution in [0.3, 0.4) is 0 Å². The van der Waals surface area contributed by atoms with Crippen LogP contribution in [0, 0.1) is 0 Å². The molecule has 1 atom stereocenters. The summed E-state index contributed by atoms with van der Waals surface area (Å²) in [5.41, 5.74) is 1.33. The van der Waals surface area contributed by atoms with Gasteiger partial charge in [0.05, 0.1) is 8.07 Å². The van der Waals surface area contributed by atoms with Gasteiger partial charge in [-0.3, -0.25) is 0 Å². The summed E-state index contributed by atoms with van der Waals surface area (Å²) in [5, 5.41) is 21.8. The average Bonchev–Trinajstić information content (AvgIpc) is 2.91. The van der Waals surface area contributed by atoms with Crippen molar-refractivity contribution in [3.8, 4) is 0 Å². The molecule has 1 aliphatic rings. The first-order chi connectivity index (χ1) is 10.8. The first kappa shape index (κ1) is 23.8. The zero-order chi connectivity index (χ0) is 16.4. The summed E-state index contributed by atoms with van der Waals surface area (Å²) >= 11 is 0. The summed E-state index contributed by atoms with van der Waals surface area (Å²) in [6.07, 6.45) is 0. The van der Waals surface area contributed by atoms with Gasteiger partial charge < -0.3 is 35.2 Å². The van der Waals surface area contributed by atoms with E-state index in [0.717, 1.165) is 6.04 Å². The third-order valence-electron chi connectivity index (χ3n) is 5.08. The zero-order valence-electron chi connectivity index (χ0n) is 15.6. The van der Waals surface area contributed by atoms with Crippen molar-refractivity contribution in [2.45, 2.75) is 38.9 Å². The van der Waals surface area contributed by atoms with Gasteiger partial charge in [0.2, 0.25) is 0 Å². The van der Waals surface area contributed by atoms with Crippen LogP contribution in [0.15, 0.2) is 36.4 Å². The molecule has 3 aromatic rings. The molecule has 0 amide bonds. The summed E-state index contributed by atoms with van der Waals surface area (Å²) in [5.74, 6) is 0. The Morgan fingerprint density at radius 1 is 1.08 bits per heavy atom. The van der Waals surface area contributed by atoms with E-state index in [9.17, 15) is 5.11 Å². The van der Waals surface area contributed by atoms with E-state index in [0.29, 0.717) is 0 Å². The smallest absolute Gasteiger partial charge is 1.00 e. The average molecular weight is 485 g/mol. The van der Waals surface area contributed by atoms with Gasteiger partial charge in [-0.25, -0.2) is 0 Å². The molecule has 0 aromatic heterocycles. The Morgan fingerprint density at radius 3 is 2.35 bits per heavy atom. The van der Waals surface area contributed by atoms with Gasteiger partial charge >= 0.3 is 26.2 Å². The van der Waals surface area contributed by atoms with Crippen molar-refractivity contribution in [2.24, 2.45) is 0 Å². The molecule has 0 aliphatic carbocycles. The van der Waals surface area contributed by atoms with Crippen LogP contribution in [0.5, 0.6) is 0 Å². The molecule has 0 saturated carbocycles. The minimum atomic E-state index is -1.63. The normalized spacial score (nSPS) is 17.7. The number of halogens is 2. The summed E-state index contributed by atoms with van der Waals surface area (Å²) in [4.78, 5) is 0. The molecule has 0 bridgehead atoms. The maximum Gasteiger partial charge on any atom is 3.00 e. The van der Waals surface area contributed by atoms with Crippen LogP contribution < -0.4 is 40.5 Å². The van der Waals surface area contributed by atoms with Crippen LogP contribution in [0.4, 0.5) is 5.69 Å². The number of fused-ring (bicyclic) bond motifs is 5.